The zero-order chi connectivity index (χ0) is 12.5. The fraction of sp³-hybridized carbons (Fsp3) is 0.538. The van der Waals surface area contributed by atoms with E-state index in [9.17, 15) is 9.59 Å². The predicted octanol–water partition coefficient (Wildman–Crippen LogP) is 1.52. The SMILES string of the molecule is O=C1CC[C@H](C(=O)N(Cc2cccs2)C2CC2)N1. The Hall–Kier alpha value is -1.36. The van der Waals surface area contributed by atoms with Gasteiger partial charge in [0.2, 0.25) is 11.8 Å². The summed E-state index contributed by atoms with van der Waals surface area (Å²) in [7, 11) is 0. The Morgan fingerprint density at radius 2 is 2.28 bits per heavy atom. The second kappa shape index (κ2) is 4.72. The Labute approximate surface area is 110 Å². The molecule has 0 bridgehead atoms. The minimum absolute atomic E-state index is 0.000204. The quantitative estimate of drug-likeness (QED) is 0.896. The number of thiophene rings is 1. The van der Waals surface area contributed by atoms with Crippen LogP contribution in [0.3, 0.4) is 0 Å². The summed E-state index contributed by atoms with van der Waals surface area (Å²) >= 11 is 1.68. The van der Waals surface area contributed by atoms with Gasteiger partial charge in [0.25, 0.3) is 0 Å². The molecule has 0 unspecified atom stereocenters. The molecule has 0 aromatic carbocycles. The molecule has 1 N–H and O–H groups in total. The van der Waals surface area contributed by atoms with Crippen molar-refractivity contribution < 1.29 is 9.59 Å². The van der Waals surface area contributed by atoms with Crippen LogP contribution < -0.4 is 5.32 Å². The molecule has 0 spiro atoms. The van der Waals surface area contributed by atoms with Crippen LogP contribution in [-0.2, 0) is 16.1 Å². The molecule has 1 atom stereocenters. The van der Waals surface area contributed by atoms with Crippen LogP contribution in [-0.4, -0.2) is 28.8 Å². The fourth-order valence-corrected chi connectivity index (χ4v) is 3.05. The topological polar surface area (TPSA) is 49.4 Å². The van der Waals surface area contributed by atoms with E-state index in [1.54, 1.807) is 11.3 Å². The van der Waals surface area contributed by atoms with Gasteiger partial charge in [-0.15, -0.1) is 11.3 Å². The molecule has 96 valence electrons. The van der Waals surface area contributed by atoms with Crippen LogP contribution in [0.1, 0.15) is 30.6 Å². The molecule has 4 nitrogen and oxygen atoms in total. The van der Waals surface area contributed by atoms with Crippen molar-refractivity contribution in [3.8, 4) is 0 Å². The summed E-state index contributed by atoms with van der Waals surface area (Å²) in [5.41, 5.74) is 0. The summed E-state index contributed by atoms with van der Waals surface area (Å²) in [6.07, 6.45) is 3.31. The number of carbonyl (C=O) groups excluding carboxylic acids is 2. The second-order valence-corrected chi connectivity index (χ2v) is 5.97. The third kappa shape index (κ3) is 2.41. The van der Waals surface area contributed by atoms with E-state index in [-0.39, 0.29) is 17.9 Å². The highest BCUT2D eigenvalue weighted by molar-refractivity contribution is 7.09. The molecule has 1 aromatic heterocycles. The number of hydrogen-bond acceptors (Lipinski definition) is 3. The highest BCUT2D eigenvalue weighted by atomic mass is 32.1. The predicted molar refractivity (Wildman–Crippen MR) is 69.1 cm³/mol. The third-order valence-corrected chi connectivity index (χ3v) is 4.33. The van der Waals surface area contributed by atoms with Crippen LogP contribution in [0.5, 0.6) is 0 Å². The van der Waals surface area contributed by atoms with Crippen molar-refractivity contribution in [1.29, 1.82) is 0 Å². The van der Waals surface area contributed by atoms with Crippen molar-refractivity contribution in [2.75, 3.05) is 0 Å². The first-order valence-electron chi connectivity index (χ1n) is 6.36. The number of amides is 2. The Bertz CT molecular complexity index is 454. The molecule has 1 saturated carbocycles. The molecule has 5 heteroatoms. The average Bonchev–Trinajstić information content (AvgIpc) is 2.88. The molecule has 2 heterocycles. The van der Waals surface area contributed by atoms with Gasteiger partial charge in [0.15, 0.2) is 0 Å². The molecule has 18 heavy (non-hydrogen) atoms. The maximum Gasteiger partial charge on any atom is 0.245 e. The van der Waals surface area contributed by atoms with E-state index in [0.717, 1.165) is 12.8 Å². The number of nitrogens with zero attached hydrogens (tertiary/aromatic N) is 1. The molecule has 2 fully saturated rings. The summed E-state index contributed by atoms with van der Waals surface area (Å²) < 4.78 is 0. The van der Waals surface area contributed by atoms with Gasteiger partial charge < -0.3 is 10.2 Å². The number of nitrogens with one attached hydrogen (secondary N) is 1. The zero-order valence-electron chi connectivity index (χ0n) is 10.1. The Balaban J connectivity index is 1.69. The normalized spacial score (nSPS) is 22.9. The van der Waals surface area contributed by atoms with Crippen molar-refractivity contribution in [3.63, 3.8) is 0 Å². The summed E-state index contributed by atoms with van der Waals surface area (Å²) in [5.74, 6) is 0.0944. The van der Waals surface area contributed by atoms with Crippen molar-refractivity contribution in [2.24, 2.45) is 0 Å². The monoisotopic (exact) mass is 264 g/mol. The van der Waals surface area contributed by atoms with Crippen molar-refractivity contribution in [2.45, 2.75) is 44.3 Å². The maximum absolute atomic E-state index is 12.4. The van der Waals surface area contributed by atoms with Crippen LogP contribution in [0, 0.1) is 0 Å². The Kier molecular flexibility index (Phi) is 3.07. The highest BCUT2D eigenvalue weighted by Gasteiger charge is 2.38. The average molecular weight is 264 g/mol. The molecule has 1 aromatic rings. The van der Waals surface area contributed by atoms with E-state index in [2.05, 4.69) is 11.4 Å². The second-order valence-electron chi connectivity index (χ2n) is 4.94. The van der Waals surface area contributed by atoms with Crippen LogP contribution in [0.15, 0.2) is 17.5 Å². The Morgan fingerprint density at radius 1 is 1.44 bits per heavy atom. The number of rotatable bonds is 4. The molecule has 2 amide bonds. The van der Waals surface area contributed by atoms with E-state index in [1.165, 1.54) is 4.88 Å². The van der Waals surface area contributed by atoms with Gasteiger partial charge in [-0.3, -0.25) is 9.59 Å². The molecule has 1 saturated heterocycles. The largest absolute Gasteiger partial charge is 0.344 e. The van der Waals surface area contributed by atoms with Gasteiger partial charge in [0.05, 0.1) is 6.54 Å². The molecular weight excluding hydrogens is 248 g/mol. The number of carbonyl (C=O) groups is 2. The van der Waals surface area contributed by atoms with E-state index >= 15 is 0 Å². The lowest BCUT2D eigenvalue weighted by atomic mass is 10.2. The van der Waals surface area contributed by atoms with E-state index in [0.29, 0.717) is 25.4 Å². The molecule has 3 rings (SSSR count). The zero-order valence-corrected chi connectivity index (χ0v) is 10.9. The minimum Gasteiger partial charge on any atom is -0.344 e. The lowest BCUT2D eigenvalue weighted by Gasteiger charge is -2.25. The first-order chi connectivity index (χ1) is 8.74. The molecule has 1 aliphatic heterocycles. The molecular formula is C13H16N2O2S. The smallest absolute Gasteiger partial charge is 0.245 e. The lowest BCUT2D eigenvalue weighted by Crippen LogP contribution is -2.45. The van der Waals surface area contributed by atoms with Gasteiger partial charge in [-0.1, -0.05) is 6.07 Å². The summed E-state index contributed by atoms with van der Waals surface area (Å²) in [5, 5.41) is 4.80. The third-order valence-electron chi connectivity index (χ3n) is 3.47. The first-order valence-corrected chi connectivity index (χ1v) is 7.24. The summed E-state index contributed by atoms with van der Waals surface area (Å²) in [4.78, 5) is 26.8. The van der Waals surface area contributed by atoms with Crippen LogP contribution >= 0.6 is 11.3 Å². The summed E-state index contributed by atoms with van der Waals surface area (Å²) in [6, 6.07) is 4.16. The molecule has 1 aliphatic carbocycles. The van der Waals surface area contributed by atoms with Crippen molar-refractivity contribution in [1.82, 2.24) is 10.2 Å². The number of hydrogen-bond donors (Lipinski definition) is 1. The van der Waals surface area contributed by atoms with E-state index in [1.807, 2.05) is 16.3 Å². The molecule has 0 radical (unpaired) electrons. The first kappa shape index (κ1) is 11.7. The van der Waals surface area contributed by atoms with Crippen molar-refractivity contribution in [3.05, 3.63) is 22.4 Å². The summed E-state index contributed by atoms with van der Waals surface area (Å²) in [6.45, 7) is 0.688. The van der Waals surface area contributed by atoms with Gasteiger partial charge in [-0.25, -0.2) is 0 Å². The Morgan fingerprint density at radius 3 is 2.83 bits per heavy atom. The van der Waals surface area contributed by atoms with Gasteiger partial charge >= 0.3 is 0 Å². The standard InChI is InChI=1S/C13H16N2O2S/c16-12-6-5-11(14-12)13(17)15(9-3-4-9)8-10-2-1-7-18-10/h1-2,7,9,11H,3-6,8H2,(H,14,16)/t11-/m1/s1. The van der Waals surface area contributed by atoms with Crippen LogP contribution in [0.25, 0.3) is 0 Å². The van der Waals surface area contributed by atoms with Crippen LogP contribution in [0.4, 0.5) is 0 Å². The van der Waals surface area contributed by atoms with E-state index in [4.69, 9.17) is 0 Å². The maximum atomic E-state index is 12.4. The van der Waals surface area contributed by atoms with Gasteiger partial charge in [0, 0.05) is 17.3 Å². The minimum atomic E-state index is -0.293. The van der Waals surface area contributed by atoms with Gasteiger partial charge in [-0.05, 0) is 30.7 Å². The highest BCUT2D eigenvalue weighted by Crippen LogP contribution is 2.30. The van der Waals surface area contributed by atoms with Crippen molar-refractivity contribution >= 4 is 23.2 Å². The molecule has 2 aliphatic rings. The van der Waals surface area contributed by atoms with E-state index < -0.39 is 0 Å². The van der Waals surface area contributed by atoms with Gasteiger partial charge in [0.1, 0.15) is 6.04 Å². The fourth-order valence-electron chi connectivity index (χ4n) is 2.34. The van der Waals surface area contributed by atoms with Crippen LogP contribution in [0.2, 0.25) is 0 Å². The van der Waals surface area contributed by atoms with Gasteiger partial charge in [-0.2, -0.15) is 0 Å². The lowest BCUT2D eigenvalue weighted by molar-refractivity contribution is -0.135.